The van der Waals surface area contributed by atoms with E-state index in [4.69, 9.17) is 11.6 Å². The minimum atomic E-state index is -0.0181. The molecule has 0 saturated carbocycles. The van der Waals surface area contributed by atoms with Crippen LogP contribution < -0.4 is 0 Å². The molecule has 1 aromatic carbocycles. The molecule has 17 heavy (non-hydrogen) atoms. The Kier molecular flexibility index (Phi) is 3.25. The van der Waals surface area contributed by atoms with E-state index in [0.29, 0.717) is 16.3 Å². The Labute approximate surface area is 105 Å². The van der Waals surface area contributed by atoms with Crippen LogP contribution in [0.15, 0.2) is 36.5 Å². The Morgan fingerprint density at radius 1 is 1.24 bits per heavy atom. The van der Waals surface area contributed by atoms with E-state index in [-0.39, 0.29) is 5.78 Å². The summed E-state index contributed by atoms with van der Waals surface area (Å²) >= 11 is 5.78. The summed E-state index contributed by atoms with van der Waals surface area (Å²) in [5.74, 6) is -0.0181. The molecule has 2 aromatic rings. The van der Waals surface area contributed by atoms with Crippen LogP contribution in [0, 0.1) is 13.8 Å². The third-order valence-corrected chi connectivity index (χ3v) is 3.04. The number of pyridine rings is 1. The zero-order valence-electron chi connectivity index (χ0n) is 9.70. The lowest BCUT2D eigenvalue weighted by Gasteiger charge is -2.07. The van der Waals surface area contributed by atoms with Crippen LogP contribution in [0.25, 0.3) is 0 Å². The van der Waals surface area contributed by atoms with Gasteiger partial charge in [0.2, 0.25) is 0 Å². The summed E-state index contributed by atoms with van der Waals surface area (Å²) in [5.41, 5.74) is 3.40. The average molecular weight is 246 g/mol. The second-order valence-corrected chi connectivity index (χ2v) is 4.33. The largest absolute Gasteiger partial charge is 0.289 e. The first-order valence-corrected chi connectivity index (χ1v) is 5.70. The number of benzene rings is 1. The number of aromatic nitrogens is 1. The number of ketones is 1. The highest BCUT2D eigenvalue weighted by Gasteiger charge is 2.12. The van der Waals surface area contributed by atoms with Crippen molar-refractivity contribution in [3.05, 3.63) is 63.9 Å². The van der Waals surface area contributed by atoms with E-state index in [1.165, 1.54) is 0 Å². The molecule has 0 fully saturated rings. The van der Waals surface area contributed by atoms with Gasteiger partial charge in [-0.1, -0.05) is 29.8 Å². The highest BCUT2D eigenvalue weighted by molar-refractivity contribution is 6.30. The molecule has 0 saturated heterocycles. The first kappa shape index (κ1) is 11.8. The molecule has 0 aliphatic heterocycles. The van der Waals surface area contributed by atoms with Gasteiger partial charge in [0.05, 0.1) is 0 Å². The monoisotopic (exact) mass is 245 g/mol. The van der Waals surface area contributed by atoms with Crippen LogP contribution in [0.1, 0.15) is 27.0 Å². The maximum Gasteiger partial charge on any atom is 0.193 e. The standard InChI is InChI=1S/C14H12ClNO/c1-9-4-3-5-12(10(9)2)14(17)11-6-7-16-13(15)8-11/h3-8H,1-2H3. The molecule has 0 aliphatic carbocycles. The van der Waals surface area contributed by atoms with Crippen molar-refractivity contribution >= 4 is 17.4 Å². The fraction of sp³-hybridized carbons (Fsp3) is 0.143. The molecule has 1 heterocycles. The SMILES string of the molecule is Cc1cccc(C(=O)c2ccnc(Cl)c2)c1C. The van der Waals surface area contributed by atoms with Crippen molar-refractivity contribution in [2.45, 2.75) is 13.8 Å². The van der Waals surface area contributed by atoms with Crippen LogP contribution >= 0.6 is 11.6 Å². The summed E-state index contributed by atoms with van der Waals surface area (Å²) in [4.78, 5) is 16.2. The van der Waals surface area contributed by atoms with Gasteiger partial charge in [-0.15, -0.1) is 0 Å². The highest BCUT2D eigenvalue weighted by atomic mass is 35.5. The van der Waals surface area contributed by atoms with Crippen LogP contribution in [-0.4, -0.2) is 10.8 Å². The normalized spacial score (nSPS) is 10.3. The van der Waals surface area contributed by atoms with E-state index in [2.05, 4.69) is 4.98 Å². The lowest BCUT2D eigenvalue weighted by Crippen LogP contribution is -2.04. The summed E-state index contributed by atoms with van der Waals surface area (Å²) in [5, 5.41) is 0.334. The van der Waals surface area contributed by atoms with Gasteiger partial charge in [0.25, 0.3) is 0 Å². The number of hydrogen-bond acceptors (Lipinski definition) is 2. The maximum atomic E-state index is 12.3. The van der Waals surface area contributed by atoms with Crippen LogP contribution in [-0.2, 0) is 0 Å². The Balaban J connectivity index is 2.48. The summed E-state index contributed by atoms with van der Waals surface area (Å²) in [6, 6.07) is 8.98. The Morgan fingerprint density at radius 3 is 2.71 bits per heavy atom. The van der Waals surface area contributed by atoms with Crippen LogP contribution in [0.4, 0.5) is 0 Å². The number of aryl methyl sites for hydroxylation is 1. The van der Waals surface area contributed by atoms with Crippen molar-refractivity contribution < 1.29 is 4.79 Å². The lowest BCUT2D eigenvalue weighted by atomic mass is 9.97. The Bertz CT molecular complexity index is 578. The molecule has 1 aromatic heterocycles. The van der Waals surface area contributed by atoms with E-state index >= 15 is 0 Å². The van der Waals surface area contributed by atoms with Gasteiger partial charge >= 0.3 is 0 Å². The number of hydrogen-bond donors (Lipinski definition) is 0. The van der Waals surface area contributed by atoms with Crippen LogP contribution in [0.5, 0.6) is 0 Å². The molecule has 2 nitrogen and oxygen atoms in total. The number of rotatable bonds is 2. The molecule has 3 heteroatoms. The zero-order valence-corrected chi connectivity index (χ0v) is 10.5. The minimum Gasteiger partial charge on any atom is -0.289 e. The number of halogens is 1. The van der Waals surface area contributed by atoms with E-state index in [1.807, 2.05) is 32.0 Å². The molecule has 86 valence electrons. The topological polar surface area (TPSA) is 30.0 Å². The van der Waals surface area contributed by atoms with Crippen molar-refractivity contribution in [3.63, 3.8) is 0 Å². The van der Waals surface area contributed by atoms with Crippen LogP contribution in [0.2, 0.25) is 5.15 Å². The molecular weight excluding hydrogens is 234 g/mol. The third-order valence-electron chi connectivity index (χ3n) is 2.84. The van der Waals surface area contributed by atoms with E-state index in [1.54, 1.807) is 18.3 Å². The summed E-state index contributed by atoms with van der Waals surface area (Å²) in [6.45, 7) is 3.94. The molecule has 0 unspecified atom stereocenters. The highest BCUT2D eigenvalue weighted by Crippen LogP contribution is 2.18. The summed E-state index contributed by atoms with van der Waals surface area (Å²) < 4.78 is 0. The maximum absolute atomic E-state index is 12.3. The predicted octanol–water partition coefficient (Wildman–Crippen LogP) is 3.58. The third kappa shape index (κ3) is 2.37. The van der Waals surface area contributed by atoms with Gasteiger partial charge in [-0.3, -0.25) is 4.79 Å². The van der Waals surface area contributed by atoms with Crippen molar-refractivity contribution in [1.82, 2.24) is 4.98 Å². The summed E-state index contributed by atoms with van der Waals surface area (Å²) in [7, 11) is 0. The second kappa shape index (κ2) is 4.68. The first-order valence-electron chi connectivity index (χ1n) is 5.32. The fourth-order valence-electron chi connectivity index (χ4n) is 1.70. The van der Waals surface area contributed by atoms with E-state index in [0.717, 1.165) is 11.1 Å². The minimum absolute atomic E-state index is 0.0181. The van der Waals surface area contributed by atoms with Gasteiger partial charge in [0.1, 0.15) is 5.15 Å². The molecular formula is C14H12ClNO. The van der Waals surface area contributed by atoms with Crippen LogP contribution in [0.3, 0.4) is 0 Å². The van der Waals surface area contributed by atoms with Gasteiger partial charge in [0, 0.05) is 17.3 Å². The molecule has 0 amide bonds. The molecule has 2 rings (SSSR count). The average Bonchev–Trinajstić information content (AvgIpc) is 2.32. The first-order chi connectivity index (χ1) is 8.09. The quantitative estimate of drug-likeness (QED) is 0.598. The second-order valence-electron chi connectivity index (χ2n) is 3.94. The molecule has 0 bridgehead atoms. The van der Waals surface area contributed by atoms with Gasteiger partial charge < -0.3 is 0 Å². The number of carbonyl (C=O) groups excluding carboxylic acids is 1. The molecule has 0 atom stereocenters. The lowest BCUT2D eigenvalue weighted by molar-refractivity contribution is 0.103. The zero-order chi connectivity index (χ0) is 12.4. The van der Waals surface area contributed by atoms with E-state index in [9.17, 15) is 4.79 Å². The van der Waals surface area contributed by atoms with Crippen molar-refractivity contribution in [2.24, 2.45) is 0 Å². The van der Waals surface area contributed by atoms with Crippen molar-refractivity contribution in [3.8, 4) is 0 Å². The Morgan fingerprint density at radius 2 is 2.00 bits per heavy atom. The van der Waals surface area contributed by atoms with E-state index < -0.39 is 0 Å². The summed E-state index contributed by atoms with van der Waals surface area (Å²) in [6.07, 6.45) is 1.54. The fourth-order valence-corrected chi connectivity index (χ4v) is 1.87. The smallest absolute Gasteiger partial charge is 0.193 e. The number of nitrogens with zero attached hydrogens (tertiary/aromatic N) is 1. The molecule has 0 spiro atoms. The van der Waals surface area contributed by atoms with Crippen molar-refractivity contribution in [2.75, 3.05) is 0 Å². The molecule has 0 N–H and O–H groups in total. The Hall–Kier alpha value is -1.67. The van der Waals surface area contributed by atoms with Gasteiger partial charge in [-0.25, -0.2) is 4.98 Å². The predicted molar refractivity (Wildman–Crippen MR) is 68.6 cm³/mol. The number of carbonyl (C=O) groups is 1. The van der Waals surface area contributed by atoms with Gasteiger partial charge in [-0.05, 0) is 37.1 Å². The molecule has 0 aliphatic rings. The van der Waals surface area contributed by atoms with Crippen molar-refractivity contribution in [1.29, 1.82) is 0 Å². The molecule has 0 radical (unpaired) electrons. The van der Waals surface area contributed by atoms with Gasteiger partial charge in [-0.2, -0.15) is 0 Å². The van der Waals surface area contributed by atoms with Gasteiger partial charge in [0.15, 0.2) is 5.78 Å².